The van der Waals surface area contributed by atoms with Crippen molar-refractivity contribution in [3.8, 4) is 0 Å². The number of thiophene rings is 1. The second kappa shape index (κ2) is 8.78. The Kier molecular flexibility index (Phi) is 5.96. The minimum Gasteiger partial charge on any atom is -0.347 e. The summed E-state index contributed by atoms with van der Waals surface area (Å²) in [7, 11) is 0. The first-order chi connectivity index (χ1) is 12.7. The van der Waals surface area contributed by atoms with E-state index in [4.69, 9.17) is 0 Å². The van der Waals surface area contributed by atoms with E-state index >= 15 is 0 Å². The van der Waals surface area contributed by atoms with Gasteiger partial charge in [-0.1, -0.05) is 54.6 Å². The summed E-state index contributed by atoms with van der Waals surface area (Å²) in [5.74, 6) is -0.644. The van der Waals surface area contributed by atoms with Crippen LogP contribution < -0.4 is 10.6 Å². The van der Waals surface area contributed by atoms with Gasteiger partial charge in [0.1, 0.15) is 5.70 Å². The molecule has 130 valence electrons. The molecule has 0 saturated heterocycles. The second-order valence-corrected chi connectivity index (χ2v) is 6.54. The molecule has 0 saturated carbocycles. The Labute approximate surface area is 156 Å². The molecule has 0 radical (unpaired) electrons. The molecule has 5 heteroatoms. The van der Waals surface area contributed by atoms with Gasteiger partial charge in [-0.2, -0.15) is 0 Å². The molecule has 4 nitrogen and oxygen atoms in total. The standard InChI is InChI=1S/C21H18N2O2S/c24-20(17-10-5-2-6-11-17)23-19(14-18-12-7-13-26-18)21(25)22-15-16-8-3-1-4-9-16/h1-14H,15H2,(H,22,25)(H,23,24). The molecule has 0 unspecified atom stereocenters. The summed E-state index contributed by atoms with van der Waals surface area (Å²) < 4.78 is 0. The SMILES string of the molecule is O=C(NCc1ccccc1)C(=Cc1cccs1)NC(=O)c1ccccc1. The van der Waals surface area contributed by atoms with Crippen LogP contribution in [-0.2, 0) is 11.3 Å². The number of hydrogen-bond acceptors (Lipinski definition) is 3. The lowest BCUT2D eigenvalue weighted by molar-refractivity contribution is -0.117. The van der Waals surface area contributed by atoms with Crippen molar-refractivity contribution in [2.45, 2.75) is 6.54 Å². The van der Waals surface area contributed by atoms with Gasteiger partial charge < -0.3 is 10.6 Å². The van der Waals surface area contributed by atoms with Crippen LogP contribution in [0.1, 0.15) is 20.8 Å². The molecule has 26 heavy (non-hydrogen) atoms. The molecule has 0 atom stereocenters. The highest BCUT2D eigenvalue weighted by Gasteiger charge is 2.14. The molecule has 1 aromatic heterocycles. The molecule has 3 aromatic rings. The van der Waals surface area contributed by atoms with E-state index in [1.165, 1.54) is 11.3 Å². The van der Waals surface area contributed by atoms with Crippen LogP contribution >= 0.6 is 11.3 Å². The molecular formula is C21H18N2O2S. The van der Waals surface area contributed by atoms with Crippen molar-refractivity contribution in [1.82, 2.24) is 10.6 Å². The zero-order valence-corrected chi connectivity index (χ0v) is 14.8. The van der Waals surface area contributed by atoms with Gasteiger partial charge in [0.15, 0.2) is 0 Å². The van der Waals surface area contributed by atoms with Crippen molar-refractivity contribution in [3.63, 3.8) is 0 Å². The third-order valence-electron chi connectivity index (χ3n) is 3.65. The molecule has 0 bridgehead atoms. The Morgan fingerprint density at radius 3 is 2.23 bits per heavy atom. The Morgan fingerprint density at radius 2 is 1.58 bits per heavy atom. The lowest BCUT2D eigenvalue weighted by atomic mass is 10.2. The quantitative estimate of drug-likeness (QED) is 0.655. The first-order valence-electron chi connectivity index (χ1n) is 8.16. The van der Waals surface area contributed by atoms with Gasteiger partial charge in [0, 0.05) is 17.0 Å². The van der Waals surface area contributed by atoms with E-state index in [1.54, 1.807) is 30.3 Å². The molecular weight excluding hydrogens is 344 g/mol. The molecule has 2 aromatic carbocycles. The molecule has 1 heterocycles. The topological polar surface area (TPSA) is 58.2 Å². The molecule has 0 aliphatic rings. The average molecular weight is 362 g/mol. The van der Waals surface area contributed by atoms with Crippen LogP contribution in [0.25, 0.3) is 6.08 Å². The minimum atomic E-state index is -0.327. The van der Waals surface area contributed by atoms with Crippen molar-refractivity contribution in [1.29, 1.82) is 0 Å². The minimum absolute atomic E-state index is 0.220. The number of carbonyl (C=O) groups is 2. The van der Waals surface area contributed by atoms with E-state index in [2.05, 4.69) is 10.6 Å². The lowest BCUT2D eigenvalue weighted by Gasteiger charge is -2.11. The van der Waals surface area contributed by atoms with Gasteiger partial charge in [0.25, 0.3) is 11.8 Å². The van der Waals surface area contributed by atoms with Crippen LogP contribution in [-0.4, -0.2) is 11.8 Å². The normalized spacial score (nSPS) is 11.0. The van der Waals surface area contributed by atoms with Gasteiger partial charge in [0.2, 0.25) is 0 Å². The first kappa shape index (κ1) is 17.6. The summed E-state index contributed by atoms with van der Waals surface area (Å²) in [6.45, 7) is 0.392. The number of nitrogens with one attached hydrogen (secondary N) is 2. The van der Waals surface area contributed by atoms with E-state index in [9.17, 15) is 9.59 Å². The largest absolute Gasteiger partial charge is 0.347 e. The third kappa shape index (κ3) is 4.91. The molecule has 3 rings (SSSR count). The van der Waals surface area contributed by atoms with Crippen LogP contribution in [0, 0.1) is 0 Å². The number of amides is 2. The van der Waals surface area contributed by atoms with Gasteiger partial charge in [-0.05, 0) is 35.2 Å². The Hall–Kier alpha value is -3.18. The van der Waals surface area contributed by atoms with Crippen LogP contribution in [0.4, 0.5) is 0 Å². The van der Waals surface area contributed by atoms with Crippen LogP contribution in [0.5, 0.6) is 0 Å². The van der Waals surface area contributed by atoms with Crippen molar-refractivity contribution in [3.05, 3.63) is 99.9 Å². The number of rotatable bonds is 6. The predicted octanol–water partition coefficient (Wildman–Crippen LogP) is 3.84. The Bertz CT molecular complexity index is 888. The van der Waals surface area contributed by atoms with E-state index in [0.29, 0.717) is 12.1 Å². The monoisotopic (exact) mass is 362 g/mol. The summed E-state index contributed by atoms with van der Waals surface area (Å²) in [5, 5.41) is 7.50. The summed E-state index contributed by atoms with van der Waals surface area (Å²) in [6.07, 6.45) is 1.69. The third-order valence-corrected chi connectivity index (χ3v) is 4.47. The highest BCUT2D eigenvalue weighted by atomic mass is 32.1. The van der Waals surface area contributed by atoms with Crippen molar-refractivity contribution in [2.24, 2.45) is 0 Å². The number of carbonyl (C=O) groups excluding carboxylic acids is 2. The van der Waals surface area contributed by atoms with Gasteiger partial charge in [-0.3, -0.25) is 9.59 Å². The van der Waals surface area contributed by atoms with Crippen molar-refractivity contribution < 1.29 is 9.59 Å². The Balaban J connectivity index is 1.75. The molecule has 0 aliphatic carbocycles. The van der Waals surface area contributed by atoms with Crippen LogP contribution in [0.15, 0.2) is 83.9 Å². The van der Waals surface area contributed by atoms with Crippen LogP contribution in [0.2, 0.25) is 0 Å². The fraction of sp³-hybridized carbons (Fsp3) is 0.0476. The van der Waals surface area contributed by atoms with Crippen molar-refractivity contribution in [2.75, 3.05) is 0 Å². The van der Waals surface area contributed by atoms with Gasteiger partial charge in [0.05, 0.1) is 0 Å². The molecule has 0 spiro atoms. The summed E-state index contributed by atoms with van der Waals surface area (Å²) in [6, 6.07) is 22.2. The summed E-state index contributed by atoms with van der Waals surface area (Å²) >= 11 is 1.50. The smallest absolute Gasteiger partial charge is 0.268 e. The maximum atomic E-state index is 12.6. The highest BCUT2D eigenvalue weighted by molar-refractivity contribution is 7.10. The summed E-state index contributed by atoms with van der Waals surface area (Å²) in [4.78, 5) is 25.9. The van der Waals surface area contributed by atoms with Gasteiger partial charge >= 0.3 is 0 Å². The maximum absolute atomic E-state index is 12.6. The van der Waals surface area contributed by atoms with E-state index < -0.39 is 0 Å². The zero-order valence-electron chi connectivity index (χ0n) is 14.0. The zero-order chi connectivity index (χ0) is 18.2. The van der Waals surface area contributed by atoms with Crippen LogP contribution in [0.3, 0.4) is 0 Å². The molecule has 0 aliphatic heterocycles. The lowest BCUT2D eigenvalue weighted by Crippen LogP contribution is -2.34. The fourth-order valence-electron chi connectivity index (χ4n) is 2.33. The molecule has 0 fully saturated rings. The highest BCUT2D eigenvalue weighted by Crippen LogP contribution is 2.13. The van der Waals surface area contributed by atoms with E-state index in [0.717, 1.165) is 10.4 Å². The number of benzene rings is 2. The molecule has 2 N–H and O–H groups in total. The molecule has 2 amide bonds. The fourth-order valence-corrected chi connectivity index (χ4v) is 2.99. The predicted molar refractivity (Wildman–Crippen MR) is 104 cm³/mol. The second-order valence-electron chi connectivity index (χ2n) is 5.56. The first-order valence-corrected chi connectivity index (χ1v) is 9.04. The average Bonchev–Trinajstić information content (AvgIpc) is 3.20. The summed E-state index contributed by atoms with van der Waals surface area (Å²) in [5.41, 5.74) is 1.71. The maximum Gasteiger partial charge on any atom is 0.268 e. The van der Waals surface area contributed by atoms with Gasteiger partial charge in [-0.25, -0.2) is 0 Å². The van der Waals surface area contributed by atoms with E-state index in [-0.39, 0.29) is 17.5 Å². The van der Waals surface area contributed by atoms with Crippen molar-refractivity contribution >= 4 is 29.2 Å². The Morgan fingerprint density at radius 1 is 0.885 bits per heavy atom. The van der Waals surface area contributed by atoms with Gasteiger partial charge in [-0.15, -0.1) is 11.3 Å². The van der Waals surface area contributed by atoms with E-state index in [1.807, 2.05) is 53.9 Å². The number of hydrogen-bond donors (Lipinski definition) is 2.